The molecule has 26 heavy (non-hydrogen) atoms. The lowest BCUT2D eigenvalue weighted by Crippen LogP contribution is -2.08. The maximum Gasteiger partial charge on any atom is 0.226 e. The highest BCUT2D eigenvalue weighted by Gasteiger charge is 2.15. The number of fused-ring (bicyclic) bond motifs is 1. The van der Waals surface area contributed by atoms with E-state index in [4.69, 9.17) is 11.0 Å². The molecule has 0 fully saturated rings. The average molecular weight is 349 g/mol. The number of halogens is 1. The normalized spacial score (nSPS) is 11.0. The Bertz CT molecular complexity index is 1170. The molecule has 0 amide bonds. The van der Waals surface area contributed by atoms with Crippen molar-refractivity contribution in [1.29, 1.82) is 5.26 Å². The number of nitrogens with zero attached hydrogens (tertiary/aromatic N) is 6. The minimum Gasteiger partial charge on any atom is -0.396 e. The molecule has 9 heteroatoms. The molecule has 3 heterocycles. The van der Waals surface area contributed by atoms with Crippen molar-refractivity contribution in [1.82, 2.24) is 25.1 Å². The molecule has 0 spiro atoms. The van der Waals surface area contributed by atoms with Crippen LogP contribution in [-0.2, 0) is 6.54 Å². The molecule has 0 aliphatic carbocycles. The summed E-state index contributed by atoms with van der Waals surface area (Å²) in [7, 11) is 0. The predicted octanol–water partition coefficient (Wildman–Crippen LogP) is 2.43. The van der Waals surface area contributed by atoms with E-state index in [0.29, 0.717) is 40.3 Å². The number of hydrogen-bond acceptors (Lipinski definition) is 7. The van der Waals surface area contributed by atoms with Crippen molar-refractivity contribution < 1.29 is 9.02 Å². The van der Waals surface area contributed by atoms with E-state index in [1.54, 1.807) is 29.1 Å². The number of nitrogen functional groups attached to an aromatic ring is 1. The topological polar surface area (TPSA) is 119 Å². The van der Waals surface area contributed by atoms with Crippen LogP contribution in [0.4, 0.5) is 10.1 Å². The van der Waals surface area contributed by atoms with E-state index in [1.165, 1.54) is 12.1 Å². The lowest BCUT2D eigenvalue weighted by molar-refractivity contribution is 0.315. The van der Waals surface area contributed by atoms with Gasteiger partial charge in [-0.05, 0) is 35.4 Å². The lowest BCUT2D eigenvalue weighted by atomic mass is 10.1. The molecular weight excluding hydrogens is 337 g/mol. The molecule has 4 aromatic rings. The summed E-state index contributed by atoms with van der Waals surface area (Å²) in [6.45, 7) is 2.19. The first kappa shape index (κ1) is 15.7. The summed E-state index contributed by atoms with van der Waals surface area (Å²) in [5, 5.41) is 20.7. The van der Waals surface area contributed by atoms with Crippen LogP contribution in [0.3, 0.4) is 0 Å². The number of nitrogens with two attached hydrogens (primary N) is 1. The predicted molar refractivity (Wildman–Crippen MR) is 90.2 cm³/mol. The molecule has 3 aromatic heterocycles. The standard InChI is InChI=1S/C17H12FN7O/c1-9-12(15(20)16-17(21-9)24-26-23-16)8-25-5-4-14(22-25)10-2-3-11(7-19)13(18)6-10/h2-6H,8,20H2,1H3. The van der Waals surface area contributed by atoms with E-state index >= 15 is 0 Å². The Morgan fingerprint density at radius 2 is 2.15 bits per heavy atom. The van der Waals surface area contributed by atoms with Crippen molar-refractivity contribution in [2.24, 2.45) is 0 Å². The molecule has 0 aliphatic rings. The van der Waals surface area contributed by atoms with Gasteiger partial charge in [-0.15, -0.1) is 0 Å². The fourth-order valence-corrected chi connectivity index (χ4v) is 2.72. The average Bonchev–Trinajstić information content (AvgIpc) is 3.28. The van der Waals surface area contributed by atoms with Crippen molar-refractivity contribution in [3.05, 3.63) is 53.1 Å². The van der Waals surface area contributed by atoms with Gasteiger partial charge >= 0.3 is 0 Å². The summed E-state index contributed by atoms with van der Waals surface area (Å²) in [5.41, 5.74) is 9.99. The van der Waals surface area contributed by atoms with Gasteiger partial charge in [-0.25, -0.2) is 14.0 Å². The third-order valence-electron chi connectivity index (χ3n) is 4.11. The first-order chi connectivity index (χ1) is 12.6. The van der Waals surface area contributed by atoms with Gasteiger partial charge in [0.15, 0.2) is 5.52 Å². The second-order valence-corrected chi connectivity index (χ2v) is 5.73. The number of hydrogen-bond donors (Lipinski definition) is 1. The highest BCUT2D eigenvalue weighted by molar-refractivity contribution is 5.85. The van der Waals surface area contributed by atoms with E-state index in [9.17, 15) is 4.39 Å². The van der Waals surface area contributed by atoms with E-state index in [1.807, 2.05) is 6.92 Å². The SMILES string of the molecule is Cc1nc2nonc2c(N)c1Cn1ccc(-c2ccc(C#N)c(F)c2)n1. The molecule has 2 N–H and O–H groups in total. The summed E-state index contributed by atoms with van der Waals surface area (Å²) in [6.07, 6.45) is 1.76. The van der Waals surface area contributed by atoms with Crippen LogP contribution < -0.4 is 5.73 Å². The first-order valence-electron chi connectivity index (χ1n) is 7.67. The Morgan fingerprint density at radius 1 is 1.31 bits per heavy atom. The molecule has 0 unspecified atom stereocenters. The number of pyridine rings is 1. The Morgan fingerprint density at radius 3 is 2.92 bits per heavy atom. The van der Waals surface area contributed by atoms with E-state index < -0.39 is 5.82 Å². The number of anilines is 1. The Balaban J connectivity index is 1.67. The monoisotopic (exact) mass is 349 g/mol. The fraction of sp³-hybridized carbons (Fsp3) is 0.118. The quantitative estimate of drug-likeness (QED) is 0.603. The van der Waals surface area contributed by atoms with Gasteiger partial charge in [0.1, 0.15) is 11.9 Å². The molecule has 0 saturated carbocycles. The van der Waals surface area contributed by atoms with Gasteiger partial charge < -0.3 is 5.73 Å². The molecule has 1 aromatic carbocycles. The molecule has 128 valence electrons. The van der Waals surface area contributed by atoms with Crippen molar-refractivity contribution in [3.8, 4) is 17.3 Å². The van der Waals surface area contributed by atoms with Crippen LogP contribution in [0.1, 0.15) is 16.8 Å². The van der Waals surface area contributed by atoms with Crippen LogP contribution in [0.2, 0.25) is 0 Å². The minimum atomic E-state index is -0.576. The Labute approximate surface area is 146 Å². The molecular formula is C17H12FN7O. The van der Waals surface area contributed by atoms with Gasteiger partial charge in [0.25, 0.3) is 0 Å². The summed E-state index contributed by atoms with van der Waals surface area (Å²) >= 11 is 0. The van der Waals surface area contributed by atoms with Crippen molar-refractivity contribution in [2.45, 2.75) is 13.5 Å². The zero-order valence-electron chi connectivity index (χ0n) is 13.6. The number of rotatable bonds is 3. The molecule has 0 radical (unpaired) electrons. The van der Waals surface area contributed by atoms with Gasteiger partial charge in [0.05, 0.1) is 23.5 Å². The minimum absolute atomic E-state index is 0.00261. The maximum atomic E-state index is 13.8. The van der Waals surface area contributed by atoms with Crippen LogP contribution in [0.5, 0.6) is 0 Å². The molecule has 0 saturated heterocycles. The summed E-state index contributed by atoms with van der Waals surface area (Å²) in [5.74, 6) is -0.576. The van der Waals surface area contributed by atoms with Crippen molar-refractivity contribution >= 4 is 16.9 Å². The fourth-order valence-electron chi connectivity index (χ4n) is 2.72. The highest BCUT2D eigenvalue weighted by atomic mass is 19.1. The summed E-state index contributed by atoms with van der Waals surface area (Å²) in [4.78, 5) is 4.32. The second-order valence-electron chi connectivity index (χ2n) is 5.73. The van der Waals surface area contributed by atoms with Gasteiger partial charge in [0.2, 0.25) is 5.65 Å². The largest absolute Gasteiger partial charge is 0.396 e. The van der Waals surface area contributed by atoms with Crippen LogP contribution >= 0.6 is 0 Å². The molecule has 4 rings (SSSR count). The van der Waals surface area contributed by atoms with Crippen LogP contribution in [0.15, 0.2) is 35.1 Å². The van der Waals surface area contributed by atoms with Crippen molar-refractivity contribution in [3.63, 3.8) is 0 Å². The van der Waals surface area contributed by atoms with Gasteiger partial charge in [-0.3, -0.25) is 4.68 Å². The second kappa shape index (κ2) is 5.93. The summed E-state index contributed by atoms with van der Waals surface area (Å²) in [6, 6.07) is 7.93. The van der Waals surface area contributed by atoms with Gasteiger partial charge in [-0.1, -0.05) is 6.07 Å². The first-order valence-corrected chi connectivity index (χ1v) is 7.67. The molecule has 0 atom stereocenters. The van der Waals surface area contributed by atoms with Gasteiger partial charge in [0, 0.05) is 23.0 Å². The van der Waals surface area contributed by atoms with E-state index in [2.05, 4.69) is 25.0 Å². The van der Waals surface area contributed by atoms with Crippen LogP contribution in [0, 0.1) is 24.1 Å². The summed E-state index contributed by atoms with van der Waals surface area (Å²) < 4.78 is 20.2. The van der Waals surface area contributed by atoms with Crippen molar-refractivity contribution in [2.75, 3.05) is 5.73 Å². The smallest absolute Gasteiger partial charge is 0.226 e. The van der Waals surface area contributed by atoms with E-state index in [-0.39, 0.29) is 5.56 Å². The molecule has 0 bridgehead atoms. The number of aryl methyl sites for hydroxylation is 1. The highest BCUT2D eigenvalue weighted by Crippen LogP contribution is 2.25. The van der Waals surface area contributed by atoms with Crippen LogP contribution in [0.25, 0.3) is 22.4 Å². The number of aromatic nitrogens is 5. The Hall–Kier alpha value is -3.80. The Kier molecular flexibility index (Phi) is 3.58. The zero-order valence-corrected chi connectivity index (χ0v) is 13.6. The number of benzene rings is 1. The van der Waals surface area contributed by atoms with Crippen LogP contribution in [-0.4, -0.2) is 25.1 Å². The molecule has 0 aliphatic heterocycles. The maximum absolute atomic E-state index is 13.8. The number of nitriles is 1. The zero-order chi connectivity index (χ0) is 18.3. The third-order valence-corrected chi connectivity index (χ3v) is 4.11. The molecule has 8 nitrogen and oxygen atoms in total. The lowest BCUT2D eigenvalue weighted by Gasteiger charge is -2.08. The van der Waals surface area contributed by atoms with E-state index in [0.717, 1.165) is 5.56 Å². The van der Waals surface area contributed by atoms with Gasteiger partial charge in [-0.2, -0.15) is 10.4 Å². The third kappa shape index (κ3) is 2.53.